The number of anilines is 1. The van der Waals surface area contributed by atoms with Crippen molar-refractivity contribution in [3.63, 3.8) is 0 Å². The minimum Gasteiger partial charge on any atom is -0.321 e. The summed E-state index contributed by atoms with van der Waals surface area (Å²) >= 11 is 0. The molecule has 0 unspecified atom stereocenters. The van der Waals surface area contributed by atoms with Crippen molar-refractivity contribution >= 4 is 17.5 Å². The Morgan fingerprint density at radius 3 is 2.09 bits per heavy atom. The van der Waals surface area contributed by atoms with E-state index in [2.05, 4.69) is 34.8 Å². The number of hydrogen-bond donors (Lipinski definition) is 2. The van der Waals surface area contributed by atoms with Crippen molar-refractivity contribution in [1.82, 2.24) is 10.3 Å². The number of rotatable bonds is 8. The Labute approximate surface area is 188 Å². The highest BCUT2D eigenvalue weighted by Crippen LogP contribution is 2.22. The molecule has 0 atom stereocenters. The molecule has 5 heteroatoms. The first-order chi connectivity index (χ1) is 15.7. The molecule has 0 fully saturated rings. The number of nitrogens with zero attached hydrogens (tertiary/aromatic N) is 1. The molecule has 0 aliphatic carbocycles. The largest absolute Gasteiger partial charge is 0.321 e. The first-order valence-corrected chi connectivity index (χ1v) is 10.8. The van der Waals surface area contributed by atoms with E-state index in [1.54, 1.807) is 24.3 Å². The molecule has 3 aromatic carbocycles. The van der Waals surface area contributed by atoms with Crippen molar-refractivity contribution in [2.75, 3.05) is 12.0 Å². The van der Waals surface area contributed by atoms with Gasteiger partial charge in [-0.2, -0.15) is 0 Å². The highest BCUT2D eigenvalue weighted by atomic mass is 16.2. The average molecular weight is 424 g/mol. The Kier molecular flexibility index (Phi) is 6.96. The molecule has 1 aliphatic rings. The van der Waals surface area contributed by atoms with E-state index in [-0.39, 0.29) is 11.8 Å². The van der Waals surface area contributed by atoms with E-state index in [4.69, 9.17) is 0 Å². The highest BCUT2D eigenvalue weighted by Gasteiger charge is 2.34. The Balaban J connectivity index is 1.17. The van der Waals surface area contributed by atoms with Crippen LogP contribution in [0.1, 0.15) is 51.1 Å². The van der Waals surface area contributed by atoms with Crippen LogP contribution in [0.2, 0.25) is 0 Å². The Morgan fingerprint density at radius 1 is 0.750 bits per heavy atom. The molecule has 0 aromatic heterocycles. The molecule has 0 spiro atoms. The SMILES string of the molecule is O=C1c2ccccc2C(=O)N1CCCCC#Cc1ccc(CNNc2ccccc2)cc1. The number of imide groups is 1. The van der Waals surface area contributed by atoms with Gasteiger partial charge in [-0.1, -0.05) is 54.3 Å². The number of carbonyl (C=O) groups excluding carboxylic acids is 2. The summed E-state index contributed by atoms with van der Waals surface area (Å²) in [6.45, 7) is 1.15. The number of unbranched alkanes of at least 4 members (excludes halogenated alkanes) is 2. The Hall–Kier alpha value is -3.88. The van der Waals surface area contributed by atoms with Crippen LogP contribution < -0.4 is 10.9 Å². The van der Waals surface area contributed by atoms with Gasteiger partial charge >= 0.3 is 0 Å². The summed E-state index contributed by atoms with van der Waals surface area (Å²) in [5, 5.41) is 0. The van der Waals surface area contributed by atoms with E-state index in [1.807, 2.05) is 42.5 Å². The van der Waals surface area contributed by atoms with Gasteiger partial charge < -0.3 is 5.43 Å². The van der Waals surface area contributed by atoms with Gasteiger partial charge in [-0.25, -0.2) is 5.43 Å². The summed E-state index contributed by atoms with van der Waals surface area (Å²) in [5.74, 6) is 5.99. The molecule has 5 nitrogen and oxygen atoms in total. The first kappa shape index (κ1) is 21.4. The molecule has 160 valence electrons. The lowest BCUT2D eigenvalue weighted by Gasteiger charge is -2.12. The van der Waals surface area contributed by atoms with Gasteiger partial charge in [0.15, 0.2) is 0 Å². The molecule has 1 heterocycles. The Morgan fingerprint density at radius 2 is 1.41 bits per heavy atom. The van der Waals surface area contributed by atoms with Gasteiger partial charge in [-0.15, -0.1) is 0 Å². The first-order valence-electron chi connectivity index (χ1n) is 10.8. The third kappa shape index (κ3) is 5.23. The fourth-order valence-corrected chi connectivity index (χ4v) is 3.57. The lowest BCUT2D eigenvalue weighted by Crippen LogP contribution is -2.30. The third-order valence-corrected chi connectivity index (χ3v) is 5.30. The predicted molar refractivity (Wildman–Crippen MR) is 126 cm³/mol. The van der Waals surface area contributed by atoms with E-state index in [0.29, 0.717) is 24.2 Å². The quantitative estimate of drug-likeness (QED) is 0.240. The summed E-state index contributed by atoms with van der Waals surface area (Å²) in [7, 11) is 0. The van der Waals surface area contributed by atoms with Crippen LogP contribution in [0.15, 0.2) is 78.9 Å². The normalized spacial score (nSPS) is 12.3. The molecule has 32 heavy (non-hydrogen) atoms. The third-order valence-electron chi connectivity index (χ3n) is 5.30. The van der Waals surface area contributed by atoms with E-state index in [9.17, 15) is 9.59 Å². The summed E-state index contributed by atoms with van der Waals surface area (Å²) in [6.07, 6.45) is 2.32. The second-order valence-corrected chi connectivity index (χ2v) is 7.61. The van der Waals surface area contributed by atoms with Gasteiger partial charge in [0.05, 0.1) is 11.1 Å². The second-order valence-electron chi connectivity index (χ2n) is 7.61. The minimum absolute atomic E-state index is 0.190. The molecule has 3 aromatic rings. The number of para-hydroxylation sites is 1. The predicted octanol–water partition coefficient (Wildman–Crippen LogP) is 4.62. The molecule has 0 bridgehead atoms. The fourth-order valence-electron chi connectivity index (χ4n) is 3.57. The topological polar surface area (TPSA) is 61.4 Å². The van der Waals surface area contributed by atoms with E-state index in [1.165, 1.54) is 10.5 Å². The summed E-state index contributed by atoms with van der Waals surface area (Å²) < 4.78 is 0. The van der Waals surface area contributed by atoms with Crippen LogP contribution >= 0.6 is 0 Å². The average Bonchev–Trinajstić information content (AvgIpc) is 3.08. The number of hydrazine groups is 1. The zero-order valence-electron chi connectivity index (χ0n) is 17.8. The van der Waals surface area contributed by atoms with Gasteiger partial charge in [0.1, 0.15) is 0 Å². The van der Waals surface area contributed by atoms with Crippen LogP contribution in [-0.4, -0.2) is 23.3 Å². The lowest BCUT2D eigenvalue weighted by atomic mass is 10.1. The molecular weight excluding hydrogens is 398 g/mol. The molecule has 0 radical (unpaired) electrons. The summed E-state index contributed by atoms with van der Waals surface area (Å²) in [4.78, 5) is 26.0. The minimum atomic E-state index is -0.190. The summed E-state index contributed by atoms with van der Waals surface area (Å²) in [5.41, 5.74) is 10.6. The number of hydrogen-bond acceptors (Lipinski definition) is 4. The van der Waals surface area contributed by atoms with Crippen LogP contribution in [0.4, 0.5) is 5.69 Å². The number of fused-ring (bicyclic) bond motifs is 1. The molecule has 1 aliphatic heterocycles. The van der Waals surface area contributed by atoms with Crippen molar-refractivity contribution in [2.24, 2.45) is 0 Å². The zero-order valence-corrected chi connectivity index (χ0v) is 17.8. The maximum absolute atomic E-state index is 12.3. The fraction of sp³-hybridized carbons (Fsp3) is 0.185. The van der Waals surface area contributed by atoms with E-state index in [0.717, 1.165) is 30.5 Å². The van der Waals surface area contributed by atoms with Gasteiger partial charge in [0.2, 0.25) is 0 Å². The van der Waals surface area contributed by atoms with Crippen LogP contribution in [0.25, 0.3) is 0 Å². The van der Waals surface area contributed by atoms with Crippen LogP contribution in [0.3, 0.4) is 0 Å². The number of amides is 2. The van der Waals surface area contributed by atoms with Crippen molar-refractivity contribution in [2.45, 2.75) is 25.8 Å². The van der Waals surface area contributed by atoms with Gasteiger partial charge in [-0.05, 0) is 54.8 Å². The number of carbonyl (C=O) groups is 2. The smallest absolute Gasteiger partial charge is 0.261 e. The van der Waals surface area contributed by atoms with Crippen molar-refractivity contribution in [3.8, 4) is 11.8 Å². The lowest BCUT2D eigenvalue weighted by molar-refractivity contribution is 0.0652. The van der Waals surface area contributed by atoms with Crippen molar-refractivity contribution in [1.29, 1.82) is 0 Å². The molecule has 2 N–H and O–H groups in total. The molecule has 0 saturated heterocycles. The van der Waals surface area contributed by atoms with E-state index >= 15 is 0 Å². The van der Waals surface area contributed by atoms with Crippen molar-refractivity contribution < 1.29 is 9.59 Å². The zero-order chi connectivity index (χ0) is 22.2. The van der Waals surface area contributed by atoms with E-state index < -0.39 is 0 Å². The molecular formula is C27H25N3O2. The van der Waals surface area contributed by atoms with Crippen LogP contribution in [-0.2, 0) is 6.54 Å². The molecule has 4 rings (SSSR count). The summed E-state index contributed by atoms with van der Waals surface area (Å²) in [6, 6.07) is 25.1. The highest BCUT2D eigenvalue weighted by molar-refractivity contribution is 6.21. The maximum atomic E-state index is 12.3. The Bertz CT molecular complexity index is 1110. The second kappa shape index (κ2) is 10.4. The maximum Gasteiger partial charge on any atom is 0.261 e. The van der Waals surface area contributed by atoms with Gasteiger partial charge in [0.25, 0.3) is 11.8 Å². The van der Waals surface area contributed by atoms with Crippen molar-refractivity contribution in [3.05, 3.63) is 101 Å². The standard InChI is InChI=1S/C27H25N3O2/c31-26-24-13-7-8-14-25(24)27(32)30(26)19-9-2-1-4-10-21-15-17-22(18-16-21)20-28-29-23-11-5-3-6-12-23/h3,5-8,11-18,28-29H,1-2,9,19-20H2. The molecule has 2 amide bonds. The van der Waals surface area contributed by atoms with Gasteiger partial charge in [-0.3, -0.25) is 14.5 Å². The van der Waals surface area contributed by atoms with Gasteiger partial charge in [0, 0.05) is 30.8 Å². The monoisotopic (exact) mass is 423 g/mol. The number of benzene rings is 3. The van der Waals surface area contributed by atoms with Crippen LogP contribution in [0.5, 0.6) is 0 Å². The van der Waals surface area contributed by atoms with Crippen LogP contribution in [0, 0.1) is 11.8 Å². The number of nitrogens with one attached hydrogen (secondary N) is 2. The molecule has 0 saturated carbocycles.